The summed E-state index contributed by atoms with van der Waals surface area (Å²) in [5.74, 6) is 0.865. The molecule has 0 atom stereocenters. The number of hydrogen-bond donors (Lipinski definition) is 1. The number of ether oxygens (including phenoxy) is 2. The molecule has 0 aromatic heterocycles. The van der Waals surface area contributed by atoms with Gasteiger partial charge in [-0.3, -0.25) is 9.10 Å². The number of carbonyl (C=O) groups excluding carboxylic acids is 1. The first-order valence-electron chi connectivity index (χ1n) is 8.26. The Morgan fingerprint density at radius 1 is 1.19 bits per heavy atom. The normalized spacial score (nSPS) is 12.7. The monoisotopic (exact) mass is 410 g/mol. The third kappa shape index (κ3) is 5.05. The minimum Gasteiger partial charge on any atom is -0.454 e. The zero-order valence-corrected chi connectivity index (χ0v) is 16.2. The van der Waals surface area contributed by atoms with Gasteiger partial charge < -0.3 is 14.8 Å². The van der Waals surface area contributed by atoms with E-state index >= 15 is 0 Å². The van der Waals surface area contributed by atoms with Gasteiger partial charge in [0.2, 0.25) is 22.7 Å². The van der Waals surface area contributed by atoms with Crippen LogP contribution < -0.4 is 19.1 Å². The van der Waals surface area contributed by atoms with E-state index in [1.165, 1.54) is 4.31 Å². The van der Waals surface area contributed by atoms with Gasteiger partial charge in [0, 0.05) is 29.7 Å². The number of benzene rings is 2. The average Bonchev–Trinajstić information content (AvgIpc) is 3.05. The Morgan fingerprint density at radius 2 is 1.96 bits per heavy atom. The molecular weight excluding hydrogens is 392 g/mol. The lowest BCUT2D eigenvalue weighted by Crippen LogP contribution is -2.31. The van der Waals surface area contributed by atoms with Crippen LogP contribution in [0, 0.1) is 0 Å². The molecule has 3 rings (SSSR count). The van der Waals surface area contributed by atoms with Crippen LogP contribution in [0.4, 0.5) is 11.4 Å². The molecule has 0 radical (unpaired) electrons. The maximum Gasteiger partial charge on any atom is 0.232 e. The molecule has 0 fully saturated rings. The molecule has 9 heteroatoms. The third-order valence-corrected chi connectivity index (χ3v) is 5.35. The molecule has 0 unspecified atom stereocenters. The summed E-state index contributed by atoms with van der Waals surface area (Å²) >= 11 is 5.89. The van der Waals surface area contributed by atoms with Crippen LogP contribution in [-0.4, -0.2) is 33.9 Å². The van der Waals surface area contributed by atoms with Gasteiger partial charge in [-0.05, 0) is 36.8 Å². The zero-order chi connectivity index (χ0) is 19.4. The van der Waals surface area contributed by atoms with E-state index in [0.717, 1.165) is 6.26 Å². The highest BCUT2D eigenvalue weighted by Gasteiger charge is 2.21. The number of hydrogen-bond acceptors (Lipinski definition) is 5. The van der Waals surface area contributed by atoms with Gasteiger partial charge in [-0.1, -0.05) is 17.7 Å². The van der Waals surface area contributed by atoms with Crippen LogP contribution in [0.15, 0.2) is 42.5 Å². The predicted molar refractivity (Wildman–Crippen MR) is 104 cm³/mol. The molecule has 7 nitrogen and oxygen atoms in total. The molecule has 1 N–H and O–H groups in total. The quantitative estimate of drug-likeness (QED) is 0.757. The van der Waals surface area contributed by atoms with Crippen molar-refractivity contribution in [1.82, 2.24) is 0 Å². The smallest absolute Gasteiger partial charge is 0.232 e. The van der Waals surface area contributed by atoms with Gasteiger partial charge in [-0.25, -0.2) is 8.42 Å². The van der Waals surface area contributed by atoms with Crippen molar-refractivity contribution in [3.8, 4) is 11.5 Å². The summed E-state index contributed by atoms with van der Waals surface area (Å²) in [6, 6.07) is 11.8. The van der Waals surface area contributed by atoms with E-state index in [1.807, 2.05) is 0 Å². The van der Waals surface area contributed by atoms with Gasteiger partial charge in [-0.15, -0.1) is 0 Å². The second-order valence-corrected chi connectivity index (χ2v) is 8.38. The molecule has 1 aliphatic heterocycles. The van der Waals surface area contributed by atoms with Crippen LogP contribution in [0.2, 0.25) is 5.02 Å². The van der Waals surface area contributed by atoms with Crippen molar-refractivity contribution in [3.63, 3.8) is 0 Å². The molecule has 0 saturated carbocycles. The highest BCUT2D eigenvalue weighted by atomic mass is 35.5. The van der Waals surface area contributed by atoms with E-state index in [2.05, 4.69) is 5.32 Å². The van der Waals surface area contributed by atoms with Gasteiger partial charge in [0.05, 0.1) is 11.9 Å². The summed E-state index contributed by atoms with van der Waals surface area (Å²) in [5.41, 5.74) is 1.07. The second kappa shape index (κ2) is 8.06. The lowest BCUT2D eigenvalue weighted by Gasteiger charge is -2.22. The number of nitrogens with one attached hydrogen (secondary N) is 1. The molecule has 144 valence electrons. The summed E-state index contributed by atoms with van der Waals surface area (Å²) in [7, 11) is -3.51. The fourth-order valence-electron chi connectivity index (χ4n) is 2.70. The van der Waals surface area contributed by atoms with E-state index in [9.17, 15) is 13.2 Å². The Kier molecular flexibility index (Phi) is 5.76. The lowest BCUT2D eigenvalue weighted by molar-refractivity contribution is -0.116. The van der Waals surface area contributed by atoms with Crippen molar-refractivity contribution in [2.24, 2.45) is 0 Å². The Hall–Kier alpha value is -2.45. The van der Waals surface area contributed by atoms with Crippen LogP contribution in [-0.2, 0) is 14.8 Å². The molecule has 2 aromatic rings. The van der Waals surface area contributed by atoms with Crippen molar-refractivity contribution in [1.29, 1.82) is 0 Å². The molecule has 1 amide bonds. The van der Waals surface area contributed by atoms with Crippen molar-refractivity contribution < 1.29 is 22.7 Å². The predicted octanol–water partition coefficient (Wildman–Crippen LogP) is 3.25. The van der Waals surface area contributed by atoms with Crippen LogP contribution >= 0.6 is 11.6 Å². The fourth-order valence-corrected chi connectivity index (χ4v) is 3.85. The van der Waals surface area contributed by atoms with E-state index in [1.54, 1.807) is 42.5 Å². The average molecular weight is 411 g/mol. The number of carbonyl (C=O) groups is 1. The number of amides is 1. The first-order chi connectivity index (χ1) is 12.8. The second-order valence-electron chi connectivity index (χ2n) is 6.03. The van der Waals surface area contributed by atoms with Crippen LogP contribution in [0.1, 0.15) is 12.8 Å². The molecule has 0 spiro atoms. The van der Waals surface area contributed by atoms with Gasteiger partial charge in [-0.2, -0.15) is 0 Å². The SMILES string of the molecule is CS(=O)(=O)N(CCCC(=O)Nc1cccc(Cl)c1)c1ccc2c(c1)OCO2. The number of sulfonamides is 1. The maximum atomic E-state index is 12.2. The minimum absolute atomic E-state index is 0.112. The van der Waals surface area contributed by atoms with Gasteiger partial charge >= 0.3 is 0 Å². The molecule has 0 bridgehead atoms. The largest absolute Gasteiger partial charge is 0.454 e. The number of nitrogens with zero attached hydrogens (tertiary/aromatic N) is 1. The topological polar surface area (TPSA) is 84.9 Å². The molecule has 27 heavy (non-hydrogen) atoms. The van der Waals surface area contributed by atoms with E-state index in [-0.39, 0.29) is 25.7 Å². The summed E-state index contributed by atoms with van der Waals surface area (Å²) in [6.45, 7) is 0.281. The van der Waals surface area contributed by atoms with Crippen LogP contribution in [0.3, 0.4) is 0 Å². The third-order valence-electron chi connectivity index (χ3n) is 3.92. The number of rotatable bonds is 7. The lowest BCUT2D eigenvalue weighted by atomic mass is 10.2. The summed E-state index contributed by atoms with van der Waals surface area (Å²) in [6.07, 6.45) is 1.65. The van der Waals surface area contributed by atoms with Gasteiger partial charge in [0.1, 0.15) is 0 Å². The van der Waals surface area contributed by atoms with Crippen molar-refractivity contribution in [3.05, 3.63) is 47.5 Å². The van der Waals surface area contributed by atoms with E-state index < -0.39 is 10.0 Å². The van der Waals surface area contributed by atoms with Gasteiger partial charge in [0.15, 0.2) is 11.5 Å². The first kappa shape index (κ1) is 19.3. The molecular formula is C18H19ClN2O5S. The number of fused-ring (bicyclic) bond motifs is 1. The highest BCUT2D eigenvalue weighted by molar-refractivity contribution is 7.92. The fraction of sp³-hybridized carbons (Fsp3) is 0.278. The molecule has 1 heterocycles. The van der Waals surface area contributed by atoms with Crippen molar-refractivity contribution >= 4 is 38.9 Å². The summed E-state index contributed by atoms with van der Waals surface area (Å²) in [5, 5.41) is 3.27. The molecule has 0 aliphatic carbocycles. The molecule has 2 aromatic carbocycles. The number of halogens is 1. The van der Waals surface area contributed by atoms with Crippen molar-refractivity contribution in [2.75, 3.05) is 29.2 Å². The van der Waals surface area contributed by atoms with Gasteiger partial charge in [0.25, 0.3) is 0 Å². The molecule has 1 aliphatic rings. The Bertz CT molecular complexity index is 949. The Balaban J connectivity index is 1.62. The van der Waals surface area contributed by atoms with E-state index in [0.29, 0.717) is 34.3 Å². The van der Waals surface area contributed by atoms with Crippen molar-refractivity contribution in [2.45, 2.75) is 12.8 Å². The number of anilines is 2. The van der Waals surface area contributed by atoms with Crippen LogP contribution in [0.25, 0.3) is 0 Å². The molecule has 0 saturated heterocycles. The minimum atomic E-state index is -3.51. The standard InChI is InChI=1S/C18H19ClN2O5S/c1-27(23,24)21(15-7-8-16-17(11-15)26-12-25-16)9-3-6-18(22)20-14-5-2-4-13(19)10-14/h2,4-5,7-8,10-11H,3,6,9,12H2,1H3,(H,20,22). The van der Waals surface area contributed by atoms with E-state index in [4.69, 9.17) is 21.1 Å². The summed E-state index contributed by atoms with van der Waals surface area (Å²) < 4.78 is 36.1. The van der Waals surface area contributed by atoms with Crippen LogP contribution in [0.5, 0.6) is 11.5 Å². The Morgan fingerprint density at radius 3 is 2.70 bits per heavy atom. The highest BCUT2D eigenvalue weighted by Crippen LogP contribution is 2.36. The zero-order valence-electron chi connectivity index (χ0n) is 14.6. The maximum absolute atomic E-state index is 12.2. The summed E-state index contributed by atoms with van der Waals surface area (Å²) in [4.78, 5) is 12.1. The Labute approximate surface area is 162 Å². The first-order valence-corrected chi connectivity index (χ1v) is 10.5.